The molecule has 0 aromatic carbocycles. The summed E-state index contributed by atoms with van der Waals surface area (Å²) in [6.07, 6.45) is -0.882. The van der Waals surface area contributed by atoms with Crippen LogP contribution < -0.4 is 5.73 Å². The number of halogens is 1. The lowest BCUT2D eigenvalue weighted by atomic mass is 10.1. The molecule has 1 saturated heterocycles. The van der Waals surface area contributed by atoms with Gasteiger partial charge in [-0.25, -0.2) is 15.0 Å². The molecule has 4 atom stereocenters. The van der Waals surface area contributed by atoms with E-state index in [-0.39, 0.29) is 11.7 Å². The second-order valence-corrected chi connectivity index (χ2v) is 4.59. The minimum atomic E-state index is -1.11. The first kappa shape index (κ1) is 12.5. The highest BCUT2D eigenvalue weighted by Crippen LogP contribution is 2.32. The van der Waals surface area contributed by atoms with E-state index in [4.69, 9.17) is 22.1 Å². The largest absolute Gasteiger partial charge is 0.387 e. The number of nitrogen functional groups attached to an aromatic ring is 1. The number of nitrogens with zero attached hydrogens (tertiary/aromatic N) is 4. The van der Waals surface area contributed by atoms with Crippen LogP contribution in [-0.4, -0.2) is 53.9 Å². The molecule has 4 N–H and O–H groups in total. The standard InChI is InChI=1S/C10H12ClN5O3/c11-1-4-6(17)7(18)10(19-4)16-3-15-5-8(12)13-2-14-9(5)16/h2-4,6-7,10,17-18H,1H2,(H2,12,13,14)/t4-,6-,7-,10?/m1/s1. The maximum absolute atomic E-state index is 10.0. The third-order valence-corrected chi connectivity index (χ3v) is 3.45. The van der Waals surface area contributed by atoms with E-state index in [0.717, 1.165) is 0 Å². The number of aliphatic hydroxyl groups excluding tert-OH is 2. The molecule has 2 aromatic rings. The Morgan fingerprint density at radius 3 is 2.79 bits per heavy atom. The van der Waals surface area contributed by atoms with Gasteiger partial charge in [0.15, 0.2) is 17.7 Å². The van der Waals surface area contributed by atoms with Crippen molar-refractivity contribution in [2.75, 3.05) is 11.6 Å². The van der Waals surface area contributed by atoms with E-state index >= 15 is 0 Å². The lowest BCUT2D eigenvalue weighted by Crippen LogP contribution is -2.32. The van der Waals surface area contributed by atoms with E-state index in [9.17, 15) is 10.2 Å². The summed E-state index contributed by atoms with van der Waals surface area (Å²) in [6.45, 7) is 0. The summed E-state index contributed by atoms with van der Waals surface area (Å²) in [5.41, 5.74) is 6.53. The Kier molecular flexibility index (Phi) is 3.02. The number of hydrogen-bond acceptors (Lipinski definition) is 7. The van der Waals surface area contributed by atoms with Gasteiger partial charge in [0.25, 0.3) is 0 Å². The van der Waals surface area contributed by atoms with E-state index in [2.05, 4.69) is 15.0 Å². The molecule has 19 heavy (non-hydrogen) atoms. The van der Waals surface area contributed by atoms with Crippen LogP contribution in [-0.2, 0) is 4.74 Å². The average Bonchev–Trinajstić information content (AvgIpc) is 2.94. The van der Waals surface area contributed by atoms with Crippen LogP contribution >= 0.6 is 11.6 Å². The molecular weight excluding hydrogens is 274 g/mol. The SMILES string of the molecule is Nc1ncnc2c1ncn2C1O[C@H](CCl)[C@@H](O)[C@H]1O. The van der Waals surface area contributed by atoms with E-state index in [1.165, 1.54) is 17.2 Å². The summed E-state index contributed by atoms with van der Waals surface area (Å²) in [7, 11) is 0. The maximum Gasteiger partial charge on any atom is 0.167 e. The molecule has 0 saturated carbocycles. The number of aliphatic hydroxyl groups is 2. The lowest BCUT2D eigenvalue weighted by molar-refractivity contribution is -0.0291. The second-order valence-electron chi connectivity index (χ2n) is 4.28. The highest BCUT2D eigenvalue weighted by Gasteiger charge is 2.43. The average molecular weight is 286 g/mol. The Morgan fingerprint density at radius 1 is 1.32 bits per heavy atom. The first-order chi connectivity index (χ1) is 9.13. The van der Waals surface area contributed by atoms with Crippen molar-refractivity contribution in [1.82, 2.24) is 19.5 Å². The van der Waals surface area contributed by atoms with Crippen LogP contribution in [0.15, 0.2) is 12.7 Å². The molecule has 8 nitrogen and oxygen atoms in total. The zero-order valence-corrected chi connectivity index (χ0v) is 10.5. The normalized spacial score (nSPS) is 31.1. The molecule has 102 valence electrons. The summed E-state index contributed by atoms with van der Waals surface area (Å²) in [6, 6.07) is 0. The number of aromatic nitrogens is 4. The fraction of sp³-hybridized carbons (Fsp3) is 0.500. The van der Waals surface area contributed by atoms with Gasteiger partial charge in [-0.15, -0.1) is 11.6 Å². The van der Waals surface area contributed by atoms with Crippen molar-refractivity contribution in [3.8, 4) is 0 Å². The number of imidazole rings is 1. The van der Waals surface area contributed by atoms with Gasteiger partial charge in [-0.2, -0.15) is 0 Å². The molecule has 1 unspecified atom stereocenters. The van der Waals surface area contributed by atoms with Gasteiger partial charge >= 0.3 is 0 Å². The number of fused-ring (bicyclic) bond motifs is 1. The van der Waals surface area contributed by atoms with Crippen molar-refractivity contribution in [3.05, 3.63) is 12.7 Å². The third kappa shape index (κ3) is 1.84. The van der Waals surface area contributed by atoms with Crippen molar-refractivity contribution in [1.29, 1.82) is 0 Å². The Balaban J connectivity index is 2.04. The van der Waals surface area contributed by atoms with E-state index in [1.54, 1.807) is 0 Å². The zero-order chi connectivity index (χ0) is 13.6. The molecule has 1 fully saturated rings. The molecule has 1 aliphatic heterocycles. The molecular formula is C10H12ClN5O3. The van der Waals surface area contributed by atoms with Gasteiger partial charge in [0, 0.05) is 0 Å². The van der Waals surface area contributed by atoms with Crippen LogP contribution in [0.4, 0.5) is 5.82 Å². The van der Waals surface area contributed by atoms with Crippen molar-refractivity contribution in [3.63, 3.8) is 0 Å². The Hall–Kier alpha value is -1.48. The van der Waals surface area contributed by atoms with Crippen molar-refractivity contribution in [2.45, 2.75) is 24.5 Å². The van der Waals surface area contributed by atoms with Crippen LogP contribution in [0, 0.1) is 0 Å². The number of ether oxygens (including phenoxy) is 1. The van der Waals surface area contributed by atoms with Gasteiger partial charge in [0.1, 0.15) is 30.2 Å². The maximum atomic E-state index is 10.0. The topological polar surface area (TPSA) is 119 Å². The molecule has 0 radical (unpaired) electrons. The second kappa shape index (κ2) is 4.57. The summed E-state index contributed by atoms with van der Waals surface area (Å²) >= 11 is 5.67. The molecule has 1 aliphatic rings. The van der Waals surface area contributed by atoms with Gasteiger partial charge in [-0.05, 0) is 0 Å². The lowest BCUT2D eigenvalue weighted by Gasteiger charge is -2.16. The molecule has 3 heterocycles. The fourth-order valence-corrected chi connectivity index (χ4v) is 2.40. The number of alkyl halides is 1. The van der Waals surface area contributed by atoms with Crippen LogP contribution in [0.3, 0.4) is 0 Å². The molecule has 0 bridgehead atoms. The minimum Gasteiger partial charge on any atom is -0.387 e. The summed E-state index contributed by atoms with van der Waals surface area (Å²) in [4.78, 5) is 12.0. The van der Waals surface area contributed by atoms with E-state index < -0.39 is 24.5 Å². The van der Waals surface area contributed by atoms with Crippen molar-refractivity contribution >= 4 is 28.6 Å². The summed E-state index contributed by atoms with van der Waals surface area (Å²) in [5.74, 6) is 0.323. The predicted molar refractivity (Wildman–Crippen MR) is 66.4 cm³/mol. The molecule has 9 heteroatoms. The quantitative estimate of drug-likeness (QED) is 0.622. The molecule has 3 rings (SSSR count). The van der Waals surface area contributed by atoms with Crippen molar-refractivity contribution < 1.29 is 14.9 Å². The van der Waals surface area contributed by atoms with Gasteiger partial charge in [-0.3, -0.25) is 4.57 Å². The number of rotatable bonds is 2. The van der Waals surface area contributed by atoms with Crippen LogP contribution in [0.2, 0.25) is 0 Å². The Labute approximate surface area is 112 Å². The molecule has 0 spiro atoms. The number of nitrogens with two attached hydrogens (primary N) is 1. The van der Waals surface area contributed by atoms with Gasteiger partial charge < -0.3 is 20.7 Å². The van der Waals surface area contributed by atoms with Gasteiger partial charge in [0.2, 0.25) is 0 Å². The highest BCUT2D eigenvalue weighted by molar-refractivity contribution is 6.18. The van der Waals surface area contributed by atoms with Crippen molar-refractivity contribution in [2.24, 2.45) is 0 Å². The van der Waals surface area contributed by atoms with Crippen LogP contribution in [0.5, 0.6) is 0 Å². The molecule has 0 amide bonds. The molecule has 2 aromatic heterocycles. The minimum absolute atomic E-state index is 0.0818. The number of hydrogen-bond donors (Lipinski definition) is 3. The first-order valence-electron chi connectivity index (χ1n) is 5.64. The van der Waals surface area contributed by atoms with Crippen LogP contribution in [0.25, 0.3) is 11.2 Å². The number of anilines is 1. The van der Waals surface area contributed by atoms with E-state index in [0.29, 0.717) is 11.2 Å². The monoisotopic (exact) mass is 285 g/mol. The van der Waals surface area contributed by atoms with Gasteiger partial charge in [-0.1, -0.05) is 0 Å². The summed E-state index contributed by atoms with van der Waals surface area (Å²) in [5, 5.41) is 19.8. The van der Waals surface area contributed by atoms with Crippen LogP contribution in [0.1, 0.15) is 6.23 Å². The first-order valence-corrected chi connectivity index (χ1v) is 6.17. The summed E-state index contributed by atoms with van der Waals surface area (Å²) < 4.78 is 7.03. The van der Waals surface area contributed by atoms with E-state index in [1.807, 2.05) is 0 Å². The third-order valence-electron chi connectivity index (χ3n) is 3.15. The Morgan fingerprint density at radius 2 is 2.11 bits per heavy atom. The highest BCUT2D eigenvalue weighted by atomic mass is 35.5. The molecule has 0 aliphatic carbocycles. The predicted octanol–water partition coefficient (Wildman–Crippen LogP) is -0.734. The van der Waals surface area contributed by atoms with Gasteiger partial charge in [0.05, 0.1) is 12.2 Å². The Bertz CT molecular complexity index is 606. The zero-order valence-electron chi connectivity index (χ0n) is 9.72. The smallest absolute Gasteiger partial charge is 0.167 e. The fourth-order valence-electron chi connectivity index (χ4n) is 2.14.